The molecule has 0 aromatic heterocycles. The molecule has 0 atom stereocenters. The Morgan fingerprint density at radius 2 is 1.71 bits per heavy atom. The Bertz CT molecular complexity index is 698. The van der Waals surface area contributed by atoms with Gasteiger partial charge in [0.1, 0.15) is 17.2 Å². The van der Waals surface area contributed by atoms with Gasteiger partial charge in [-0.25, -0.2) is 0 Å². The van der Waals surface area contributed by atoms with Gasteiger partial charge in [0.2, 0.25) is 0 Å². The lowest BCUT2D eigenvalue weighted by molar-refractivity contribution is 0.103. The molecule has 0 heterocycles. The highest BCUT2D eigenvalue weighted by Crippen LogP contribution is 2.34. The van der Waals surface area contributed by atoms with Gasteiger partial charge in [0.05, 0.1) is 24.3 Å². The number of phenols is 1. The highest BCUT2D eigenvalue weighted by molar-refractivity contribution is 9.10. The van der Waals surface area contributed by atoms with Crippen LogP contribution in [-0.2, 0) is 0 Å². The molecule has 0 aliphatic heterocycles. The van der Waals surface area contributed by atoms with Gasteiger partial charge in [-0.1, -0.05) is 15.9 Å². The molecular formula is C15H12Br2O4. The zero-order chi connectivity index (χ0) is 15.6. The van der Waals surface area contributed by atoms with Gasteiger partial charge < -0.3 is 14.6 Å². The van der Waals surface area contributed by atoms with Crippen LogP contribution in [0.1, 0.15) is 15.9 Å². The minimum absolute atomic E-state index is 0.144. The maximum Gasteiger partial charge on any atom is 0.198 e. The Balaban J connectivity index is 2.52. The summed E-state index contributed by atoms with van der Waals surface area (Å²) in [4.78, 5) is 12.6. The van der Waals surface area contributed by atoms with Gasteiger partial charge in [0.25, 0.3) is 0 Å². The van der Waals surface area contributed by atoms with Crippen molar-refractivity contribution in [2.24, 2.45) is 0 Å². The number of hydrogen-bond donors (Lipinski definition) is 1. The van der Waals surface area contributed by atoms with Crippen LogP contribution in [0.2, 0.25) is 0 Å². The van der Waals surface area contributed by atoms with Crippen molar-refractivity contribution in [3.8, 4) is 17.2 Å². The Morgan fingerprint density at radius 3 is 2.33 bits per heavy atom. The molecule has 0 amide bonds. The van der Waals surface area contributed by atoms with Crippen molar-refractivity contribution >= 4 is 37.6 Å². The van der Waals surface area contributed by atoms with Crippen molar-refractivity contribution in [3.05, 3.63) is 50.4 Å². The standard InChI is InChI=1S/C15H12Br2O4/c1-20-8-3-4-11(16)9(5-8)15(19)10-6-12(17)14(21-2)7-13(10)18/h3-7,18H,1-2H3. The molecule has 0 saturated heterocycles. The molecule has 0 bridgehead atoms. The number of rotatable bonds is 4. The SMILES string of the molecule is COc1ccc(Br)c(C(=O)c2cc(Br)c(OC)cc2O)c1. The first kappa shape index (κ1) is 15.9. The smallest absolute Gasteiger partial charge is 0.198 e. The van der Waals surface area contributed by atoms with Crippen LogP contribution in [-0.4, -0.2) is 25.1 Å². The quantitative estimate of drug-likeness (QED) is 0.761. The second kappa shape index (κ2) is 6.49. The molecule has 0 saturated carbocycles. The van der Waals surface area contributed by atoms with E-state index in [2.05, 4.69) is 31.9 Å². The molecule has 0 unspecified atom stereocenters. The predicted molar refractivity (Wildman–Crippen MR) is 86.5 cm³/mol. The first-order chi connectivity index (χ1) is 9.97. The largest absolute Gasteiger partial charge is 0.507 e. The van der Waals surface area contributed by atoms with E-state index in [0.29, 0.717) is 26.0 Å². The molecule has 6 heteroatoms. The van der Waals surface area contributed by atoms with Crippen LogP contribution in [0.4, 0.5) is 0 Å². The molecule has 0 spiro atoms. The first-order valence-corrected chi connectivity index (χ1v) is 7.51. The summed E-state index contributed by atoms with van der Waals surface area (Å²) in [5.74, 6) is 0.554. The van der Waals surface area contributed by atoms with Gasteiger partial charge in [-0.05, 0) is 40.2 Å². The van der Waals surface area contributed by atoms with E-state index in [1.165, 1.54) is 26.4 Å². The van der Waals surface area contributed by atoms with Crippen molar-refractivity contribution in [3.63, 3.8) is 0 Å². The monoisotopic (exact) mass is 414 g/mol. The molecule has 2 aromatic carbocycles. The second-order valence-corrected chi connectivity index (χ2v) is 5.89. The average molecular weight is 416 g/mol. The number of carbonyl (C=O) groups is 1. The normalized spacial score (nSPS) is 10.3. The number of hydrogen-bond acceptors (Lipinski definition) is 4. The van der Waals surface area contributed by atoms with E-state index in [9.17, 15) is 9.90 Å². The molecule has 0 aliphatic carbocycles. The molecule has 110 valence electrons. The molecule has 2 rings (SSSR count). The predicted octanol–water partition coefficient (Wildman–Crippen LogP) is 4.17. The third kappa shape index (κ3) is 3.22. The van der Waals surface area contributed by atoms with Crippen LogP contribution >= 0.6 is 31.9 Å². The lowest BCUT2D eigenvalue weighted by atomic mass is 10.0. The highest BCUT2D eigenvalue weighted by Gasteiger charge is 2.19. The third-order valence-corrected chi connectivity index (χ3v) is 4.24. The maximum atomic E-state index is 12.6. The molecule has 4 nitrogen and oxygen atoms in total. The summed E-state index contributed by atoms with van der Waals surface area (Å²) >= 11 is 6.64. The van der Waals surface area contributed by atoms with Crippen LogP contribution < -0.4 is 9.47 Å². The highest BCUT2D eigenvalue weighted by atomic mass is 79.9. The number of halogens is 2. The fraction of sp³-hybridized carbons (Fsp3) is 0.133. The fourth-order valence-electron chi connectivity index (χ4n) is 1.83. The summed E-state index contributed by atoms with van der Waals surface area (Å²) in [7, 11) is 3.01. The van der Waals surface area contributed by atoms with E-state index in [0.717, 1.165) is 0 Å². The van der Waals surface area contributed by atoms with Crippen LogP contribution in [0.5, 0.6) is 17.2 Å². The fourth-order valence-corrected chi connectivity index (χ4v) is 2.76. The van der Waals surface area contributed by atoms with E-state index in [4.69, 9.17) is 9.47 Å². The summed E-state index contributed by atoms with van der Waals surface area (Å²) in [6.45, 7) is 0. The van der Waals surface area contributed by atoms with Crippen molar-refractivity contribution < 1.29 is 19.4 Å². The minimum atomic E-state index is -0.318. The molecule has 0 radical (unpaired) electrons. The van der Waals surface area contributed by atoms with Crippen molar-refractivity contribution in [2.45, 2.75) is 0 Å². The van der Waals surface area contributed by atoms with Gasteiger partial charge in [0, 0.05) is 16.1 Å². The van der Waals surface area contributed by atoms with E-state index in [1.807, 2.05) is 0 Å². The molecule has 21 heavy (non-hydrogen) atoms. The number of ketones is 1. The number of methoxy groups -OCH3 is 2. The summed E-state index contributed by atoms with van der Waals surface area (Å²) < 4.78 is 11.4. The number of benzene rings is 2. The lowest BCUT2D eigenvalue weighted by Crippen LogP contribution is -2.04. The van der Waals surface area contributed by atoms with E-state index >= 15 is 0 Å². The molecular weight excluding hydrogens is 404 g/mol. The molecule has 2 aromatic rings. The zero-order valence-electron chi connectivity index (χ0n) is 11.3. The summed E-state index contributed by atoms with van der Waals surface area (Å²) in [5.41, 5.74) is 0.582. The summed E-state index contributed by atoms with van der Waals surface area (Å²) in [6, 6.07) is 8.00. The van der Waals surface area contributed by atoms with Crippen LogP contribution in [0.3, 0.4) is 0 Å². The van der Waals surface area contributed by atoms with E-state index in [1.54, 1.807) is 18.2 Å². The number of carbonyl (C=O) groups excluding carboxylic acids is 1. The average Bonchev–Trinajstić information content (AvgIpc) is 2.49. The number of ether oxygens (including phenoxy) is 2. The Labute approximate surface area is 139 Å². The molecule has 0 aliphatic rings. The summed E-state index contributed by atoms with van der Waals surface area (Å²) in [5, 5.41) is 10.0. The van der Waals surface area contributed by atoms with Crippen LogP contribution in [0, 0.1) is 0 Å². The Morgan fingerprint density at radius 1 is 1.00 bits per heavy atom. The van der Waals surface area contributed by atoms with Gasteiger partial charge in [-0.3, -0.25) is 4.79 Å². The van der Waals surface area contributed by atoms with Gasteiger partial charge in [-0.15, -0.1) is 0 Å². The maximum absolute atomic E-state index is 12.6. The van der Waals surface area contributed by atoms with Gasteiger partial charge >= 0.3 is 0 Å². The van der Waals surface area contributed by atoms with Crippen molar-refractivity contribution in [1.82, 2.24) is 0 Å². The molecule has 0 fully saturated rings. The van der Waals surface area contributed by atoms with E-state index < -0.39 is 0 Å². The lowest BCUT2D eigenvalue weighted by Gasteiger charge is -2.10. The van der Waals surface area contributed by atoms with Gasteiger partial charge in [-0.2, -0.15) is 0 Å². The Hall–Kier alpha value is -1.53. The van der Waals surface area contributed by atoms with E-state index in [-0.39, 0.29) is 17.1 Å². The number of phenolic OH excluding ortho intramolecular Hbond substituents is 1. The number of aromatic hydroxyl groups is 1. The van der Waals surface area contributed by atoms with Gasteiger partial charge in [0.15, 0.2) is 5.78 Å². The summed E-state index contributed by atoms with van der Waals surface area (Å²) in [6.07, 6.45) is 0. The second-order valence-electron chi connectivity index (χ2n) is 4.18. The van der Waals surface area contributed by atoms with Crippen molar-refractivity contribution in [1.29, 1.82) is 0 Å². The third-order valence-electron chi connectivity index (χ3n) is 2.93. The minimum Gasteiger partial charge on any atom is -0.507 e. The topological polar surface area (TPSA) is 55.8 Å². The molecule has 1 N–H and O–H groups in total. The van der Waals surface area contributed by atoms with Crippen LogP contribution in [0.15, 0.2) is 39.3 Å². The first-order valence-electron chi connectivity index (χ1n) is 5.92. The van der Waals surface area contributed by atoms with Crippen LogP contribution in [0.25, 0.3) is 0 Å². The van der Waals surface area contributed by atoms with Crippen molar-refractivity contribution in [2.75, 3.05) is 14.2 Å². The zero-order valence-corrected chi connectivity index (χ0v) is 14.5. The Kier molecular flexibility index (Phi) is 4.90.